The third-order valence-electron chi connectivity index (χ3n) is 2.21. The fourth-order valence-corrected chi connectivity index (χ4v) is 1.60. The minimum absolute atomic E-state index is 0.0430. The monoisotopic (exact) mass is 263 g/mol. The highest BCUT2D eigenvalue weighted by Crippen LogP contribution is 2.11. The topological polar surface area (TPSA) is 75.1 Å². The molecule has 0 aliphatic carbocycles. The van der Waals surface area contributed by atoms with Crippen molar-refractivity contribution in [1.29, 1.82) is 0 Å². The molecule has 0 amide bonds. The van der Waals surface area contributed by atoms with E-state index in [0.29, 0.717) is 11.6 Å². The van der Waals surface area contributed by atoms with E-state index in [0.717, 1.165) is 5.56 Å². The Bertz CT molecular complexity index is 575. The van der Waals surface area contributed by atoms with Gasteiger partial charge in [-0.2, -0.15) is 0 Å². The van der Waals surface area contributed by atoms with E-state index < -0.39 is 5.97 Å². The van der Waals surface area contributed by atoms with E-state index in [1.165, 1.54) is 12.3 Å². The summed E-state index contributed by atoms with van der Waals surface area (Å²) in [5, 5.41) is 12.4. The first kappa shape index (κ1) is 12.3. The van der Waals surface area contributed by atoms with Gasteiger partial charge in [-0.05, 0) is 23.8 Å². The van der Waals surface area contributed by atoms with Crippen LogP contribution in [0.5, 0.6) is 0 Å². The van der Waals surface area contributed by atoms with Gasteiger partial charge in [0.05, 0.1) is 0 Å². The molecule has 0 fully saturated rings. The van der Waals surface area contributed by atoms with Gasteiger partial charge in [-0.15, -0.1) is 0 Å². The van der Waals surface area contributed by atoms with Crippen molar-refractivity contribution >= 4 is 23.5 Å². The van der Waals surface area contributed by atoms with Gasteiger partial charge in [-0.3, -0.25) is 0 Å². The third kappa shape index (κ3) is 3.18. The van der Waals surface area contributed by atoms with E-state index >= 15 is 0 Å². The number of carbonyl (C=O) groups is 1. The normalized spacial score (nSPS) is 10.1. The van der Waals surface area contributed by atoms with Crippen molar-refractivity contribution in [2.75, 3.05) is 5.32 Å². The van der Waals surface area contributed by atoms with E-state index in [-0.39, 0.29) is 11.6 Å². The first-order valence-corrected chi connectivity index (χ1v) is 5.57. The third-order valence-corrected chi connectivity index (χ3v) is 2.45. The number of nitrogens with zero attached hydrogens (tertiary/aromatic N) is 2. The van der Waals surface area contributed by atoms with Crippen LogP contribution in [0.3, 0.4) is 0 Å². The molecule has 1 aromatic carbocycles. The molecule has 0 bridgehead atoms. The van der Waals surface area contributed by atoms with Crippen LogP contribution in [0.25, 0.3) is 0 Å². The first-order valence-electron chi connectivity index (χ1n) is 5.20. The molecule has 18 heavy (non-hydrogen) atoms. The summed E-state index contributed by atoms with van der Waals surface area (Å²) >= 11 is 5.86. The molecule has 0 unspecified atom stereocenters. The molecular formula is C12H10ClN3O2. The van der Waals surface area contributed by atoms with Crippen LogP contribution in [0.15, 0.2) is 36.5 Å². The van der Waals surface area contributed by atoms with E-state index in [1.807, 2.05) is 18.2 Å². The maximum atomic E-state index is 10.7. The zero-order chi connectivity index (χ0) is 13.0. The number of rotatable bonds is 4. The smallest absolute Gasteiger partial charge is 0.354 e. The van der Waals surface area contributed by atoms with Crippen LogP contribution in [0.2, 0.25) is 5.02 Å². The Morgan fingerprint density at radius 1 is 1.39 bits per heavy atom. The molecule has 0 aliphatic heterocycles. The Kier molecular flexibility index (Phi) is 3.74. The van der Waals surface area contributed by atoms with Gasteiger partial charge in [0.1, 0.15) is 0 Å². The number of anilines is 1. The standard InChI is InChI=1S/C12H10ClN3O2/c13-9-3-1-2-8(6-9)7-15-12-14-5-4-10(16-12)11(17)18/h1-6H,7H2,(H,17,18)(H,14,15,16). The summed E-state index contributed by atoms with van der Waals surface area (Å²) in [7, 11) is 0. The summed E-state index contributed by atoms with van der Waals surface area (Å²) < 4.78 is 0. The second-order valence-electron chi connectivity index (χ2n) is 3.55. The molecule has 6 heteroatoms. The number of hydrogen-bond acceptors (Lipinski definition) is 4. The van der Waals surface area contributed by atoms with Crippen molar-refractivity contribution in [3.8, 4) is 0 Å². The van der Waals surface area contributed by atoms with Crippen LogP contribution in [0, 0.1) is 0 Å². The number of aromatic nitrogens is 2. The van der Waals surface area contributed by atoms with Gasteiger partial charge >= 0.3 is 5.97 Å². The van der Waals surface area contributed by atoms with Gasteiger partial charge in [0.15, 0.2) is 5.69 Å². The molecule has 1 aromatic heterocycles. The number of carboxylic acid groups (broad SMARTS) is 1. The maximum Gasteiger partial charge on any atom is 0.354 e. The summed E-state index contributed by atoms with van der Waals surface area (Å²) in [6, 6.07) is 8.68. The Hall–Kier alpha value is -2.14. The van der Waals surface area contributed by atoms with E-state index in [1.54, 1.807) is 6.07 Å². The van der Waals surface area contributed by atoms with Crippen molar-refractivity contribution in [2.24, 2.45) is 0 Å². The molecule has 1 heterocycles. The predicted molar refractivity (Wildman–Crippen MR) is 67.8 cm³/mol. The molecular weight excluding hydrogens is 254 g/mol. The summed E-state index contributed by atoms with van der Waals surface area (Å²) in [4.78, 5) is 18.5. The number of hydrogen-bond donors (Lipinski definition) is 2. The SMILES string of the molecule is O=C(O)c1ccnc(NCc2cccc(Cl)c2)n1. The van der Waals surface area contributed by atoms with Gasteiger partial charge in [0.2, 0.25) is 5.95 Å². The second-order valence-corrected chi connectivity index (χ2v) is 3.99. The Morgan fingerprint density at radius 2 is 2.22 bits per heavy atom. The summed E-state index contributed by atoms with van der Waals surface area (Å²) in [6.07, 6.45) is 1.40. The number of benzene rings is 1. The average Bonchev–Trinajstić information content (AvgIpc) is 2.37. The Morgan fingerprint density at radius 3 is 2.94 bits per heavy atom. The zero-order valence-corrected chi connectivity index (χ0v) is 10.1. The second kappa shape index (κ2) is 5.46. The van der Waals surface area contributed by atoms with Crippen LogP contribution in [-0.4, -0.2) is 21.0 Å². The molecule has 5 nitrogen and oxygen atoms in total. The highest BCUT2D eigenvalue weighted by atomic mass is 35.5. The van der Waals surface area contributed by atoms with E-state index in [4.69, 9.17) is 16.7 Å². The molecule has 2 rings (SSSR count). The van der Waals surface area contributed by atoms with Gasteiger partial charge in [0, 0.05) is 17.8 Å². The molecule has 2 aromatic rings. The molecule has 0 saturated carbocycles. The van der Waals surface area contributed by atoms with Gasteiger partial charge < -0.3 is 10.4 Å². The largest absolute Gasteiger partial charge is 0.477 e. The van der Waals surface area contributed by atoms with Crippen molar-refractivity contribution in [3.63, 3.8) is 0 Å². The molecule has 0 spiro atoms. The number of carboxylic acids is 1. The summed E-state index contributed by atoms with van der Waals surface area (Å²) in [5.41, 5.74) is 0.922. The van der Waals surface area contributed by atoms with Crippen molar-refractivity contribution < 1.29 is 9.90 Å². The van der Waals surface area contributed by atoms with Crippen molar-refractivity contribution in [1.82, 2.24) is 9.97 Å². The molecule has 0 atom stereocenters. The van der Waals surface area contributed by atoms with Crippen molar-refractivity contribution in [3.05, 3.63) is 52.8 Å². The fraction of sp³-hybridized carbons (Fsp3) is 0.0833. The van der Waals surface area contributed by atoms with Crippen LogP contribution in [0.1, 0.15) is 16.1 Å². The number of aromatic carboxylic acids is 1. The van der Waals surface area contributed by atoms with Gasteiger partial charge in [-0.1, -0.05) is 23.7 Å². The Labute approximate surface area is 108 Å². The van der Waals surface area contributed by atoms with Crippen LogP contribution >= 0.6 is 11.6 Å². The zero-order valence-electron chi connectivity index (χ0n) is 9.30. The molecule has 0 aliphatic rings. The minimum atomic E-state index is -1.08. The van der Waals surface area contributed by atoms with Crippen LogP contribution in [-0.2, 0) is 6.54 Å². The molecule has 92 valence electrons. The highest BCUT2D eigenvalue weighted by molar-refractivity contribution is 6.30. The average molecular weight is 264 g/mol. The number of halogens is 1. The molecule has 0 radical (unpaired) electrons. The minimum Gasteiger partial charge on any atom is -0.477 e. The quantitative estimate of drug-likeness (QED) is 0.886. The number of nitrogens with one attached hydrogen (secondary N) is 1. The maximum absolute atomic E-state index is 10.7. The van der Waals surface area contributed by atoms with Crippen LogP contribution < -0.4 is 5.32 Å². The summed E-state index contributed by atoms with van der Waals surface area (Å²) in [6.45, 7) is 0.476. The van der Waals surface area contributed by atoms with E-state index in [2.05, 4.69) is 15.3 Å². The fourth-order valence-electron chi connectivity index (χ4n) is 1.39. The lowest BCUT2D eigenvalue weighted by Gasteiger charge is -2.05. The lowest BCUT2D eigenvalue weighted by atomic mass is 10.2. The van der Waals surface area contributed by atoms with E-state index in [9.17, 15) is 4.79 Å². The lowest BCUT2D eigenvalue weighted by Crippen LogP contribution is -2.07. The van der Waals surface area contributed by atoms with Gasteiger partial charge in [-0.25, -0.2) is 14.8 Å². The Balaban J connectivity index is 2.06. The highest BCUT2D eigenvalue weighted by Gasteiger charge is 2.05. The molecule has 2 N–H and O–H groups in total. The lowest BCUT2D eigenvalue weighted by molar-refractivity contribution is 0.0690. The van der Waals surface area contributed by atoms with Gasteiger partial charge in [0.25, 0.3) is 0 Å². The molecule has 0 saturated heterocycles. The predicted octanol–water partition coefficient (Wildman–Crippen LogP) is 2.44. The first-order chi connectivity index (χ1) is 8.65. The summed E-state index contributed by atoms with van der Waals surface area (Å²) in [5.74, 6) is -0.807. The van der Waals surface area contributed by atoms with Crippen LogP contribution in [0.4, 0.5) is 5.95 Å². The van der Waals surface area contributed by atoms with Crippen molar-refractivity contribution in [2.45, 2.75) is 6.54 Å².